The molecule has 0 aromatic heterocycles. The van der Waals surface area contributed by atoms with Gasteiger partial charge in [0.15, 0.2) is 6.29 Å². The summed E-state index contributed by atoms with van der Waals surface area (Å²) in [5.41, 5.74) is 8.52. The fourth-order valence-corrected chi connectivity index (χ4v) is 4.50. The summed E-state index contributed by atoms with van der Waals surface area (Å²) in [6, 6.07) is 10.1. The number of carbonyl (C=O) groups is 1. The Balaban J connectivity index is 1.77. The van der Waals surface area contributed by atoms with Crippen molar-refractivity contribution in [2.24, 2.45) is 5.73 Å². The summed E-state index contributed by atoms with van der Waals surface area (Å²) in [4.78, 5) is 11.3. The van der Waals surface area contributed by atoms with Gasteiger partial charge in [0, 0.05) is 24.1 Å². The van der Waals surface area contributed by atoms with Gasteiger partial charge in [0.05, 0.1) is 11.1 Å². The van der Waals surface area contributed by atoms with E-state index in [1.807, 2.05) is 25.1 Å². The van der Waals surface area contributed by atoms with E-state index in [1.165, 1.54) is 12.1 Å². The fourth-order valence-electron chi connectivity index (χ4n) is 4.29. The summed E-state index contributed by atoms with van der Waals surface area (Å²) < 4.78 is 19.6. The minimum atomic E-state index is -0.243. The number of benzene rings is 2. The monoisotopic (exact) mass is 430 g/mol. The Morgan fingerprint density at radius 1 is 1.23 bits per heavy atom. The van der Waals surface area contributed by atoms with Gasteiger partial charge >= 0.3 is 0 Å². The Kier molecular flexibility index (Phi) is 7.16. The first-order chi connectivity index (χ1) is 14.4. The molecule has 0 aliphatic heterocycles. The molecule has 3 rings (SSSR count). The molecule has 1 aliphatic carbocycles. The summed E-state index contributed by atoms with van der Waals surface area (Å²) in [6.07, 6.45) is 7.65. The molecule has 0 saturated heterocycles. The van der Waals surface area contributed by atoms with Crippen LogP contribution in [0.2, 0.25) is 5.02 Å². The molecule has 1 fully saturated rings. The van der Waals surface area contributed by atoms with Gasteiger partial charge in [0.2, 0.25) is 0 Å². The van der Waals surface area contributed by atoms with Gasteiger partial charge < -0.3 is 15.8 Å². The Hall–Kier alpha value is -2.37. The topological polar surface area (TPSA) is 64.3 Å². The van der Waals surface area contributed by atoms with Crippen molar-refractivity contribution in [3.8, 4) is 5.75 Å². The molecule has 4 nitrogen and oxygen atoms in total. The smallest absolute Gasteiger partial charge is 0.150 e. The molecule has 30 heavy (non-hydrogen) atoms. The number of nitrogens with two attached hydrogens (primary N) is 1. The van der Waals surface area contributed by atoms with Crippen LogP contribution < -0.4 is 15.8 Å². The Morgan fingerprint density at radius 2 is 1.90 bits per heavy atom. The number of aldehydes is 1. The van der Waals surface area contributed by atoms with E-state index >= 15 is 0 Å². The van der Waals surface area contributed by atoms with E-state index in [0.29, 0.717) is 16.3 Å². The van der Waals surface area contributed by atoms with Gasteiger partial charge in [-0.2, -0.15) is 0 Å². The minimum absolute atomic E-state index is 0.00182. The van der Waals surface area contributed by atoms with Crippen LogP contribution in [-0.4, -0.2) is 25.5 Å². The highest BCUT2D eigenvalue weighted by molar-refractivity contribution is 6.32. The van der Waals surface area contributed by atoms with Crippen molar-refractivity contribution in [3.63, 3.8) is 0 Å². The predicted octanol–water partition coefficient (Wildman–Crippen LogP) is 5.09. The number of hydrogen-bond acceptors (Lipinski definition) is 4. The highest BCUT2D eigenvalue weighted by Crippen LogP contribution is 2.43. The van der Waals surface area contributed by atoms with Gasteiger partial charge in [-0.1, -0.05) is 23.7 Å². The third-order valence-electron chi connectivity index (χ3n) is 6.10. The molecular weight excluding hydrogens is 403 g/mol. The third-order valence-corrected chi connectivity index (χ3v) is 6.40. The van der Waals surface area contributed by atoms with E-state index in [2.05, 4.69) is 5.32 Å². The van der Waals surface area contributed by atoms with Gasteiger partial charge in [0.1, 0.15) is 11.6 Å². The van der Waals surface area contributed by atoms with E-state index in [9.17, 15) is 9.18 Å². The molecular formula is C24H28ClFN2O2. The normalized spacial score (nSPS) is 22.6. The average molecular weight is 431 g/mol. The molecule has 1 atom stereocenters. The van der Waals surface area contributed by atoms with E-state index in [1.54, 1.807) is 25.4 Å². The second-order valence-electron chi connectivity index (χ2n) is 7.92. The molecule has 6 heteroatoms. The first-order valence-electron chi connectivity index (χ1n) is 10.2. The Bertz CT molecular complexity index is 904. The van der Waals surface area contributed by atoms with Gasteiger partial charge in [-0.25, -0.2) is 4.39 Å². The SMILES string of the molecule is CN/C=C\c1cc(OC2CCC(c3ccc(F)cc3)(C(C)N)CC2)c(Cl)cc1C=O. The average Bonchev–Trinajstić information content (AvgIpc) is 2.75. The molecule has 0 heterocycles. The summed E-state index contributed by atoms with van der Waals surface area (Å²) in [5.74, 6) is 0.324. The van der Waals surface area contributed by atoms with Crippen molar-refractivity contribution >= 4 is 24.0 Å². The van der Waals surface area contributed by atoms with Crippen molar-refractivity contribution in [2.45, 2.75) is 50.2 Å². The largest absolute Gasteiger partial charge is 0.489 e. The van der Waals surface area contributed by atoms with Crippen LogP contribution >= 0.6 is 11.6 Å². The molecule has 2 aromatic carbocycles. The Morgan fingerprint density at radius 3 is 2.47 bits per heavy atom. The van der Waals surface area contributed by atoms with Crippen LogP contribution in [0.3, 0.4) is 0 Å². The van der Waals surface area contributed by atoms with Crippen LogP contribution in [0.1, 0.15) is 54.1 Å². The van der Waals surface area contributed by atoms with Crippen molar-refractivity contribution in [2.75, 3.05) is 7.05 Å². The molecule has 1 unspecified atom stereocenters. The first-order valence-corrected chi connectivity index (χ1v) is 10.6. The van der Waals surface area contributed by atoms with Gasteiger partial charge in [-0.15, -0.1) is 0 Å². The lowest BCUT2D eigenvalue weighted by atomic mass is 9.65. The number of ether oxygens (including phenoxy) is 1. The zero-order valence-corrected chi connectivity index (χ0v) is 18.1. The van der Waals surface area contributed by atoms with Gasteiger partial charge in [-0.05, 0) is 80.3 Å². The molecule has 0 bridgehead atoms. The van der Waals surface area contributed by atoms with Crippen molar-refractivity contribution in [1.82, 2.24) is 5.32 Å². The van der Waals surface area contributed by atoms with Crippen LogP contribution in [-0.2, 0) is 5.41 Å². The number of rotatable bonds is 7. The van der Waals surface area contributed by atoms with E-state index < -0.39 is 0 Å². The first kappa shape index (κ1) is 22.3. The summed E-state index contributed by atoms with van der Waals surface area (Å²) >= 11 is 6.37. The summed E-state index contributed by atoms with van der Waals surface area (Å²) in [5, 5.41) is 3.33. The molecule has 1 saturated carbocycles. The quantitative estimate of drug-likeness (QED) is 0.600. The fraction of sp³-hybridized carbons (Fsp3) is 0.375. The van der Waals surface area contributed by atoms with Crippen LogP contribution in [0.15, 0.2) is 42.6 Å². The van der Waals surface area contributed by atoms with E-state index in [0.717, 1.165) is 43.1 Å². The third kappa shape index (κ3) is 4.68. The van der Waals surface area contributed by atoms with E-state index in [-0.39, 0.29) is 23.4 Å². The summed E-state index contributed by atoms with van der Waals surface area (Å²) in [7, 11) is 1.79. The molecule has 3 N–H and O–H groups in total. The lowest BCUT2D eigenvalue weighted by molar-refractivity contribution is 0.107. The van der Waals surface area contributed by atoms with Crippen LogP contribution in [0.5, 0.6) is 5.75 Å². The predicted molar refractivity (Wildman–Crippen MR) is 120 cm³/mol. The minimum Gasteiger partial charge on any atom is -0.489 e. The number of halogens is 2. The molecule has 0 radical (unpaired) electrons. The van der Waals surface area contributed by atoms with Gasteiger partial charge in [-0.3, -0.25) is 4.79 Å². The second kappa shape index (κ2) is 9.63. The summed E-state index contributed by atoms with van der Waals surface area (Å²) in [6.45, 7) is 2.01. The highest BCUT2D eigenvalue weighted by atomic mass is 35.5. The Labute approximate surface area is 182 Å². The van der Waals surface area contributed by atoms with Crippen molar-refractivity contribution < 1.29 is 13.9 Å². The van der Waals surface area contributed by atoms with Crippen molar-refractivity contribution in [1.29, 1.82) is 0 Å². The zero-order valence-electron chi connectivity index (χ0n) is 17.3. The van der Waals surface area contributed by atoms with Crippen LogP contribution in [0, 0.1) is 5.82 Å². The van der Waals surface area contributed by atoms with Crippen molar-refractivity contribution in [3.05, 3.63) is 70.1 Å². The molecule has 1 aliphatic rings. The van der Waals surface area contributed by atoms with E-state index in [4.69, 9.17) is 22.1 Å². The standard InChI is InChI=1S/C24H28ClFN2O2/c1-16(27)24(19-3-5-20(26)6-4-19)10-7-21(8-11-24)30-23-14-17(9-12-28-2)18(15-29)13-22(23)25/h3-6,9,12-16,21,28H,7-8,10-11,27H2,1-2H3/b12-9-. The molecule has 2 aromatic rings. The molecule has 0 amide bonds. The molecule has 160 valence electrons. The second-order valence-corrected chi connectivity index (χ2v) is 8.33. The lowest BCUT2D eigenvalue weighted by Crippen LogP contribution is -2.47. The zero-order chi connectivity index (χ0) is 21.7. The highest BCUT2D eigenvalue weighted by Gasteiger charge is 2.40. The van der Waals surface area contributed by atoms with Crippen LogP contribution in [0.25, 0.3) is 6.08 Å². The maximum atomic E-state index is 13.4. The maximum Gasteiger partial charge on any atom is 0.150 e. The molecule has 0 spiro atoms. The number of carbonyl (C=O) groups excluding carboxylic acids is 1. The lowest BCUT2D eigenvalue weighted by Gasteiger charge is -2.43. The van der Waals surface area contributed by atoms with Crippen LogP contribution in [0.4, 0.5) is 4.39 Å². The maximum absolute atomic E-state index is 13.4. The number of nitrogens with one attached hydrogen (secondary N) is 1. The number of hydrogen-bond donors (Lipinski definition) is 2. The van der Waals surface area contributed by atoms with Gasteiger partial charge in [0.25, 0.3) is 0 Å².